The molecule has 144 valence electrons. The van der Waals surface area contributed by atoms with Crippen molar-refractivity contribution in [2.75, 3.05) is 0 Å². The van der Waals surface area contributed by atoms with Gasteiger partial charge in [-0.1, -0.05) is 49.4 Å². The molecule has 0 radical (unpaired) electrons. The Hall–Kier alpha value is -2.97. The molecule has 0 amide bonds. The van der Waals surface area contributed by atoms with E-state index in [1.807, 2.05) is 30.5 Å². The minimum Gasteiger partial charge on any atom is -0.308 e. The van der Waals surface area contributed by atoms with Crippen LogP contribution in [0.2, 0.25) is 0 Å². The molecule has 0 atom stereocenters. The Labute approximate surface area is 179 Å². The highest BCUT2D eigenvalue weighted by Crippen LogP contribution is 2.27. The van der Waals surface area contributed by atoms with Crippen molar-refractivity contribution < 1.29 is 0 Å². The van der Waals surface area contributed by atoms with Gasteiger partial charge in [0.2, 0.25) is 0 Å². The summed E-state index contributed by atoms with van der Waals surface area (Å²) >= 11 is 3.56. The van der Waals surface area contributed by atoms with Gasteiger partial charge in [0.15, 0.2) is 5.65 Å². The molecule has 0 aliphatic heterocycles. The molecule has 29 heavy (non-hydrogen) atoms. The van der Waals surface area contributed by atoms with Crippen LogP contribution in [0.25, 0.3) is 22.3 Å². The van der Waals surface area contributed by atoms with Gasteiger partial charge in [0, 0.05) is 17.1 Å². The topological polar surface area (TPSA) is 54.5 Å². The molecule has 5 heteroatoms. The van der Waals surface area contributed by atoms with Gasteiger partial charge < -0.3 is 4.57 Å². The number of imidazole rings is 1. The van der Waals surface area contributed by atoms with Crippen molar-refractivity contribution in [1.82, 2.24) is 14.5 Å². The highest BCUT2D eigenvalue weighted by atomic mass is 79.9. The molecule has 0 aliphatic rings. The minimum atomic E-state index is 0.691. The van der Waals surface area contributed by atoms with Gasteiger partial charge >= 0.3 is 0 Å². The van der Waals surface area contributed by atoms with E-state index in [1.54, 1.807) is 0 Å². The molecule has 2 aromatic carbocycles. The number of hydrogen-bond donors (Lipinski definition) is 0. The molecular formula is C24H21BrN4. The van der Waals surface area contributed by atoms with Crippen LogP contribution in [-0.2, 0) is 13.0 Å². The summed E-state index contributed by atoms with van der Waals surface area (Å²) in [6.45, 7) is 4.96. The lowest BCUT2D eigenvalue weighted by molar-refractivity contribution is 0.716. The van der Waals surface area contributed by atoms with Crippen LogP contribution < -0.4 is 0 Å². The maximum Gasteiger partial charge on any atom is 0.160 e. The summed E-state index contributed by atoms with van der Waals surface area (Å²) in [5, 5.41) is 9.36. The Bertz CT molecular complexity index is 1220. The summed E-state index contributed by atoms with van der Waals surface area (Å²) < 4.78 is 3.20. The third-order valence-electron chi connectivity index (χ3n) is 5.16. The molecule has 0 aliphatic carbocycles. The van der Waals surface area contributed by atoms with Gasteiger partial charge in [-0.2, -0.15) is 5.26 Å². The molecule has 0 bridgehead atoms. The summed E-state index contributed by atoms with van der Waals surface area (Å²) in [5.41, 5.74) is 6.89. The fraction of sp³-hybridized carbons (Fsp3) is 0.208. The summed E-state index contributed by atoms with van der Waals surface area (Å²) in [6, 6.07) is 18.4. The molecule has 0 unspecified atom stereocenters. The Kier molecular flexibility index (Phi) is 5.46. The molecule has 0 fully saturated rings. The number of rotatable bonds is 5. The summed E-state index contributed by atoms with van der Waals surface area (Å²) in [7, 11) is 0. The van der Waals surface area contributed by atoms with Crippen molar-refractivity contribution in [3.05, 3.63) is 81.7 Å². The molecule has 4 rings (SSSR count). The van der Waals surface area contributed by atoms with Gasteiger partial charge in [0.1, 0.15) is 11.3 Å². The van der Waals surface area contributed by atoms with Crippen molar-refractivity contribution in [3.8, 4) is 17.2 Å². The van der Waals surface area contributed by atoms with Gasteiger partial charge in [-0.25, -0.2) is 9.97 Å². The van der Waals surface area contributed by atoms with Crippen molar-refractivity contribution in [2.24, 2.45) is 0 Å². The van der Waals surface area contributed by atoms with E-state index in [0.29, 0.717) is 5.56 Å². The maximum atomic E-state index is 9.36. The van der Waals surface area contributed by atoms with E-state index in [0.717, 1.165) is 57.5 Å². The monoisotopic (exact) mass is 444 g/mol. The first-order valence-corrected chi connectivity index (χ1v) is 10.5. The number of halogens is 1. The number of benzene rings is 2. The smallest absolute Gasteiger partial charge is 0.160 e. The SMILES string of the molecule is CCCc1nc2c(C)c(Br)cnc2n1Cc1ccc(-c2ccccc2C#N)cc1. The summed E-state index contributed by atoms with van der Waals surface area (Å²) in [5.74, 6) is 1.06. The predicted octanol–water partition coefficient (Wildman–Crippen LogP) is 6.04. The van der Waals surface area contributed by atoms with E-state index < -0.39 is 0 Å². The fourth-order valence-corrected chi connectivity index (χ4v) is 3.88. The second kappa shape index (κ2) is 8.18. The molecule has 0 saturated carbocycles. The normalized spacial score (nSPS) is 11.0. The standard InChI is InChI=1S/C24H21BrN4/c1-3-6-22-28-23-16(2)21(25)14-27-24(23)29(22)15-17-9-11-18(12-10-17)20-8-5-4-7-19(20)13-26/h4-5,7-12,14H,3,6,15H2,1-2H3. The average molecular weight is 445 g/mol. The molecule has 4 nitrogen and oxygen atoms in total. The lowest BCUT2D eigenvalue weighted by Gasteiger charge is -2.10. The van der Waals surface area contributed by atoms with E-state index in [-0.39, 0.29) is 0 Å². The predicted molar refractivity (Wildman–Crippen MR) is 120 cm³/mol. The van der Waals surface area contributed by atoms with E-state index in [4.69, 9.17) is 4.98 Å². The third-order valence-corrected chi connectivity index (χ3v) is 5.96. The van der Waals surface area contributed by atoms with Crippen LogP contribution in [0.3, 0.4) is 0 Å². The Balaban J connectivity index is 1.71. The van der Waals surface area contributed by atoms with Crippen molar-refractivity contribution in [3.63, 3.8) is 0 Å². The Morgan fingerprint density at radius 2 is 1.86 bits per heavy atom. The third kappa shape index (κ3) is 3.68. The summed E-state index contributed by atoms with van der Waals surface area (Å²) in [6.07, 6.45) is 3.81. The van der Waals surface area contributed by atoms with Gasteiger partial charge in [0.25, 0.3) is 0 Å². The van der Waals surface area contributed by atoms with Crippen LogP contribution in [0.1, 0.15) is 35.9 Å². The average Bonchev–Trinajstić information content (AvgIpc) is 3.09. The molecule has 4 aromatic rings. The number of nitriles is 1. The zero-order chi connectivity index (χ0) is 20.4. The van der Waals surface area contributed by atoms with Crippen LogP contribution in [-0.4, -0.2) is 14.5 Å². The van der Waals surface area contributed by atoms with E-state index in [9.17, 15) is 5.26 Å². The molecule has 2 heterocycles. The fourth-order valence-electron chi connectivity index (χ4n) is 3.58. The van der Waals surface area contributed by atoms with Crippen LogP contribution in [0.4, 0.5) is 0 Å². The van der Waals surface area contributed by atoms with Crippen LogP contribution >= 0.6 is 15.9 Å². The first-order valence-electron chi connectivity index (χ1n) is 9.71. The largest absolute Gasteiger partial charge is 0.308 e. The number of hydrogen-bond acceptors (Lipinski definition) is 3. The zero-order valence-corrected chi connectivity index (χ0v) is 18.1. The first kappa shape index (κ1) is 19.4. The second-order valence-electron chi connectivity index (χ2n) is 7.12. The molecule has 0 N–H and O–H groups in total. The first-order chi connectivity index (χ1) is 14.1. The summed E-state index contributed by atoms with van der Waals surface area (Å²) in [4.78, 5) is 9.53. The second-order valence-corrected chi connectivity index (χ2v) is 7.98. The molecular weight excluding hydrogens is 424 g/mol. The number of fused-ring (bicyclic) bond motifs is 1. The molecule has 0 saturated heterocycles. The van der Waals surface area contributed by atoms with Gasteiger partial charge in [0.05, 0.1) is 18.2 Å². The highest BCUT2D eigenvalue weighted by molar-refractivity contribution is 9.10. The molecule has 2 aromatic heterocycles. The van der Waals surface area contributed by atoms with Gasteiger partial charge in [-0.3, -0.25) is 0 Å². The molecule has 0 spiro atoms. The van der Waals surface area contributed by atoms with Crippen LogP contribution in [0, 0.1) is 18.3 Å². The Morgan fingerprint density at radius 1 is 1.10 bits per heavy atom. The van der Waals surface area contributed by atoms with Gasteiger partial charge in [-0.05, 0) is 57.6 Å². The quantitative estimate of drug-likeness (QED) is 0.376. The maximum absolute atomic E-state index is 9.36. The number of aromatic nitrogens is 3. The van der Waals surface area contributed by atoms with Crippen LogP contribution in [0.15, 0.2) is 59.2 Å². The van der Waals surface area contributed by atoms with Gasteiger partial charge in [-0.15, -0.1) is 0 Å². The number of nitrogens with zero attached hydrogens (tertiary/aromatic N) is 4. The minimum absolute atomic E-state index is 0.691. The number of pyridine rings is 1. The van der Waals surface area contributed by atoms with E-state index in [2.05, 4.69) is 69.7 Å². The lowest BCUT2D eigenvalue weighted by atomic mass is 9.99. The highest BCUT2D eigenvalue weighted by Gasteiger charge is 2.15. The Morgan fingerprint density at radius 3 is 2.59 bits per heavy atom. The van der Waals surface area contributed by atoms with Crippen LogP contribution in [0.5, 0.6) is 0 Å². The van der Waals surface area contributed by atoms with Crippen molar-refractivity contribution in [1.29, 1.82) is 5.26 Å². The van der Waals surface area contributed by atoms with Crippen molar-refractivity contribution in [2.45, 2.75) is 33.2 Å². The number of aryl methyl sites for hydroxylation is 2. The van der Waals surface area contributed by atoms with E-state index >= 15 is 0 Å². The van der Waals surface area contributed by atoms with Crippen molar-refractivity contribution >= 4 is 27.1 Å². The zero-order valence-electron chi connectivity index (χ0n) is 16.5. The lowest BCUT2D eigenvalue weighted by Crippen LogP contribution is -2.06. The van der Waals surface area contributed by atoms with E-state index in [1.165, 1.54) is 5.56 Å².